The summed E-state index contributed by atoms with van der Waals surface area (Å²) in [7, 11) is 3.73. The van der Waals surface area contributed by atoms with E-state index in [1.165, 1.54) is 11.3 Å². The summed E-state index contributed by atoms with van der Waals surface area (Å²) in [6.45, 7) is 2.66. The van der Waals surface area contributed by atoms with Gasteiger partial charge in [-0.15, -0.1) is 0 Å². The summed E-state index contributed by atoms with van der Waals surface area (Å²) in [6.07, 6.45) is 0.908. The molecule has 15 heavy (non-hydrogen) atoms. The summed E-state index contributed by atoms with van der Waals surface area (Å²) >= 11 is 1.30. The summed E-state index contributed by atoms with van der Waals surface area (Å²) in [5.74, 6) is 0.164. The smallest absolute Gasteiger partial charge is 0.265 e. The molecule has 0 aromatic carbocycles. The summed E-state index contributed by atoms with van der Waals surface area (Å²) in [5, 5.41) is 3.52. The van der Waals surface area contributed by atoms with E-state index < -0.39 is 0 Å². The molecule has 1 amide bonds. The molecule has 1 heterocycles. The van der Waals surface area contributed by atoms with Crippen LogP contribution in [0.1, 0.15) is 23.0 Å². The SMILES string of the molecule is CCCNC(=O)c1sc(N(C)C)nc1N. The van der Waals surface area contributed by atoms with E-state index in [9.17, 15) is 4.79 Å². The molecule has 1 aromatic rings. The first-order chi connectivity index (χ1) is 7.06. The minimum atomic E-state index is -0.139. The molecule has 84 valence electrons. The second-order valence-electron chi connectivity index (χ2n) is 3.36. The Labute approximate surface area is 93.3 Å². The predicted octanol–water partition coefficient (Wildman–Crippen LogP) is 0.931. The number of carbonyl (C=O) groups excluding carboxylic acids is 1. The van der Waals surface area contributed by atoms with Gasteiger partial charge in [0.15, 0.2) is 5.13 Å². The van der Waals surface area contributed by atoms with Gasteiger partial charge in [0.25, 0.3) is 5.91 Å². The number of carbonyl (C=O) groups is 1. The van der Waals surface area contributed by atoms with Gasteiger partial charge in [-0.3, -0.25) is 4.79 Å². The zero-order valence-electron chi connectivity index (χ0n) is 9.20. The molecule has 0 fully saturated rings. The Morgan fingerprint density at radius 3 is 2.73 bits per heavy atom. The first-order valence-electron chi connectivity index (χ1n) is 4.78. The number of rotatable bonds is 4. The molecule has 0 aliphatic rings. The molecule has 3 N–H and O–H groups in total. The zero-order chi connectivity index (χ0) is 11.4. The van der Waals surface area contributed by atoms with Crippen LogP contribution in [0.4, 0.5) is 10.9 Å². The van der Waals surface area contributed by atoms with Crippen molar-refractivity contribution in [3.05, 3.63) is 4.88 Å². The van der Waals surface area contributed by atoms with Gasteiger partial charge in [0.1, 0.15) is 10.7 Å². The second-order valence-corrected chi connectivity index (χ2v) is 4.34. The zero-order valence-corrected chi connectivity index (χ0v) is 10.0. The maximum atomic E-state index is 11.6. The molecule has 0 unspecified atom stereocenters. The third-order valence-corrected chi connectivity index (χ3v) is 3.00. The Kier molecular flexibility index (Phi) is 3.90. The molecule has 5 nitrogen and oxygen atoms in total. The molecule has 1 aromatic heterocycles. The highest BCUT2D eigenvalue weighted by Crippen LogP contribution is 2.26. The highest BCUT2D eigenvalue weighted by molar-refractivity contribution is 7.18. The number of nitrogens with zero attached hydrogens (tertiary/aromatic N) is 2. The van der Waals surface area contributed by atoms with E-state index in [1.54, 1.807) is 0 Å². The lowest BCUT2D eigenvalue weighted by Gasteiger charge is -2.05. The van der Waals surface area contributed by atoms with Crippen LogP contribution in [-0.4, -0.2) is 31.5 Å². The number of nitrogens with two attached hydrogens (primary N) is 1. The molecule has 0 aliphatic carbocycles. The van der Waals surface area contributed by atoms with E-state index in [0.717, 1.165) is 11.6 Å². The van der Waals surface area contributed by atoms with Crippen molar-refractivity contribution >= 4 is 28.2 Å². The largest absolute Gasteiger partial charge is 0.382 e. The minimum absolute atomic E-state index is 0.139. The molecule has 0 bridgehead atoms. The minimum Gasteiger partial charge on any atom is -0.382 e. The first-order valence-corrected chi connectivity index (χ1v) is 5.59. The highest BCUT2D eigenvalue weighted by Gasteiger charge is 2.16. The van der Waals surface area contributed by atoms with Crippen molar-refractivity contribution in [2.75, 3.05) is 31.3 Å². The second kappa shape index (κ2) is 4.97. The van der Waals surface area contributed by atoms with Crippen molar-refractivity contribution in [3.8, 4) is 0 Å². The van der Waals surface area contributed by atoms with Crippen molar-refractivity contribution in [1.82, 2.24) is 10.3 Å². The van der Waals surface area contributed by atoms with Crippen LogP contribution in [-0.2, 0) is 0 Å². The third kappa shape index (κ3) is 2.82. The molecule has 6 heteroatoms. The molecule has 0 atom stereocenters. The monoisotopic (exact) mass is 228 g/mol. The number of anilines is 2. The normalized spacial score (nSPS) is 10.1. The van der Waals surface area contributed by atoms with Crippen LogP contribution in [0.25, 0.3) is 0 Å². The summed E-state index contributed by atoms with van der Waals surface area (Å²) in [5.41, 5.74) is 5.66. The average molecular weight is 228 g/mol. The Bertz CT molecular complexity index is 348. The molecule has 0 aliphatic heterocycles. The lowest BCUT2D eigenvalue weighted by molar-refractivity contribution is 0.0958. The van der Waals surface area contributed by atoms with Gasteiger partial charge in [0, 0.05) is 20.6 Å². The van der Waals surface area contributed by atoms with Crippen molar-refractivity contribution in [1.29, 1.82) is 0 Å². The summed E-state index contributed by atoms with van der Waals surface area (Å²) in [6, 6.07) is 0. The molecule has 0 spiro atoms. The number of amides is 1. The van der Waals surface area contributed by atoms with Gasteiger partial charge in [-0.1, -0.05) is 18.3 Å². The average Bonchev–Trinajstić information content (AvgIpc) is 2.57. The van der Waals surface area contributed by atoms with E-state index in [4.69, 9.17) is 5.73 Å². The van der Waals surface area contributed by atoms with Crippen LogP contribution in [0.3, 0.4) is 0 Å². The standard InChI is InChI=1S/C9H16N4OS/c1-4-5-11-8(14)6-7(10)12-9(15-6)13(2)3/h4-5,10H2,1-3H3,(H,11,14). The number of nitrogens with one attached hydrogen (secondary N) is 1. The summed E-state index contributed by atoms with van der Waals surface area (Å²) in [4.78, 5) is 18.0. The first kappa shape index (κ1) is 11.8. The highest BCUT2D eigenvalue weighted by atomic mass is 32.1. The third-order valence-electron chi connectivity index (χ3n) is 1.77. The van der Waals surface area contributed by atoms with Gasteiger partial charge >= 0.3 is 0 Å². The van der Waals surface area contributed by atoms with Gasteiger partial charge in [-0.25, -0.2) is 4.98 Å². The number of hydrogen-bond donors (Lipinski definition) is 2. The summed E-state index contributed by atoms with van der Waals surface area (Å²) < 4.78 is 0. The Balaban J connectivity index is 2.80. The van der Waals surface area contributed by atoms with Crippen LogP contribution in [0.15, 0.2) is 0 Å². The van der Waals surface area contributed by atoms with Gasteiger partial charge in [-0.05, 0) is 6.42 Å². The lowest BCUT2D eigenvalue weighted by Crippen LogP contribution is -2.23. The van der Waals surface area contributed by atoms with Gasteiger partial charge in [0.2, 0.25) is 0 Å². The fourth-order valence-corrected chi connectivity index (χ4v) is 1.82. The van der Waals surface area contributed by atoms with E-state index in [1.807, 2.05) is 25.9 Å². The number of thiazole rings is 1. The van der Waals surface area contributed by atoms with Gasteiger partial charge in [0.05, 0.1) is 0 Å². The van der Waals surface area contributed by atoms with Crippen molar-refractivity contribution in [3.63, 3.8) is 0 Å². The topological polar surface area (TPSA) is 71.2 Å². The molecule has 0 saturated carbocycles. The van der Waals surface area contributed by atoms with E-state index >= 15 is 0 Å². The predicted molar refractivity (Wildman–Crippen MR) is 63.5 cm³/mol. The maximum Gasteiger partial charge on any atom is 0.265 e. The van der Waals surface area contributed by atoms with Crippen LogP contribution in [0.5, 0.6) is 0 Å². The fourth-order valence-electron chi connectivity index (χ4n) is 0.993. The van der Waals surface area contributed by atoms with Crippen LogP contribution < -0.4 is 16.0 Å². The molecular weight excluding hydrogens is 212 g/mol. The van der Waals surface area contributed by atoms with Crippen LogP contribution in [0, 0.1) is 0 Å². The Morgan fingerprint density at radius 2 is 2.27 bits per heavy atom. The van der Waals surface area contributed by atoms with E-state index in [-0.39, 0.29) is 5.91 Å². The molecule has 0 saturated heterocycles. The number of hydrogen-bond acceptors (Lipinski definition) is 5. The van der Waals surface area contributed by atoms with Crippen molar-refractivity contribution in [2.45, 2.75) is 13.3 Å². The fraction of sp³-hybridized carbons (Fsp3) is 0.556. The van der Waals surface area contributed by atoms with Gasteiger partial charge < -0.3 is 16.0 Å². The van der Waals surface area contributed by atoms with Crippen molar-refractivity contribution < 1.29 is 4.79 Å². The number of nitrogen functional groups attached to an aromatic ring is 1. The maximum absolute atomic E-state index is 11.6. The lowest BCUT2D eigenvalue weighted by atomic mass is 10.4. The molecular formula is C9H16N4OS. The van der Waals surface area contributed by atoms with Gasteiger partial charge in [-0.2, -0.15) is 0 Å². The van der Waals surface area contributed by atoms with Crippen LogP contribution in [0.2, 0.25) is 0 Å². The van der Waals surface area contributed by atoms with E-state index in [2.05, 4.69) is 10.3 Å². The Morgan fingerprint density at radius 1 is 1.60 bits per heavy atom. The van der Waals surface area contributed by atoms with E-state index in [0.29, 0.717) is 17.2 Å². The van der Waals surface area contributed by atoms with Crippen molar-refractivity contribution in [2.24, 2.45) is 0 Å². The number of aromatic nitrogens is 1. The molecule has 1 rings (SSSR count). The molecule has 0 radical (unpaired) electrons. The Hall–Kier alpha value is -1.30. The quantitative estimate of drug-likeness (QED) is 0.804. The van der Waals surface area contributed by atoms with Crippen LogP contribution >= 0.6 is 11.3 Å².